The molecule has 2 aromatic rings. The molecule has 2 rings (SSSR count). The van der Waals surface area contributed by atoms with Crippen molar-refractivity contribution in [1.29, 1.82) is 0 Å². The van der Waals surface area contributed by atoms with Crippen LogP contribution in [0.4, 0.5) is 5.82 Å². The maximum atomic E-state index is 9.37. The second kappa shape index (κ2) is 12.3. The van der Waals surface area contributed by atoms with E-state index in [0.29, 0.717) is 6.04 Å². The topological polar surface area (TPSA) is 79.1 Å². The maximum Gasteiger partial charge on any atom is 0.165 e. The van der Waals surface area contributed by atoms with E-state index in [1.54, 1.807) is 6.33 Å². The second-order valence-electron chi connectivity index (χ2n) is 8.42. The van der Waals surface area contributed by atoms with Crippen LogP contribution in [0, 0.1) is 5.41 Å². The average Bonchev–Trinajstić information content (AvgIpc) is 3.13. The van der Waals surface area contributed by atoms with Gasteiger partial charge >= 0.3 is 0 Å². The number of nitrogens with zero attached hydrogens (tertiary/aromatic N) is 5. The van der Waals surface area contributed by atoms with E-state index >= 15 is 0 Å². The first-order valence-electron chi connectivity index (χ1n) is 10.7. The predicted molar refractivity (Wildman–Crippen MR) is 123 cm³/mol. The fourth-order valence-electron chi connectivity index (χ4n) is 3.45. The van der Waals surface area contributed by atoms with Crippen molar-refractivity contribution in [2.24, 2.45) is 5.41 Å². The van der Waals surface area contributed by atoms with Gasteiger partial charge in [-0.2, -0.15) is 0 Å². The van der Waals surface area contributed by atoms with E-state index in [1.807, 2.05) is 6.33 Å². The van der Waals surface area contributed by atoms with Crippen LogP contribution in [-0.2, 0) is 0 Å². The Labute approximate surface area is 181 Å². The van der Waals surface area contributed by atoms with E-state index in [-0.39, 0.29) is 24.4 Å². The molecule has 29 heavy (non-hydrogen) atoms. The van der Waals surface area contributed by atoms with Gasteiger partial charge in [0.25, 0.3) is 0 Å². The van der Waals surface area contributed by atoms with Crippen molar-refractivity contribution in [2.75, 3.05) is 38.1 Å². The number of imidazole rings is 1. The quantitative estimate of drug-likeness (QED) is 0.468. The molecule has 1 atom stereocenters. The van der Waals surface area contributed by atoms with E-state index in [2.05, 4.69) is 64.4 Å². The summed E-state index contributed by atoms with van der Waals surface area (Å²) in [5, 5.41) is 12.8. The zero-order chi connectivity index (χ0) is 20.6. The molecular formula is C21H39ClN6O. The summed E-state index contributed by atoms with van der Waals surface area (Å²) < 4.78 is 2.17. The second-order valence-corrected chi connectivity index (χ2v) is 8.42. The predicted octanol–water partition coefficient (Wildman–Crippen LogP) is 4.14. The van der Waals surface area contributed by atoms with E-state index in [4.69, 9.17) is 0 Å². The Morgan fingerprint density at radius 3 is 2.55 bits per heavy atom. The molecule has 0 radical (unpaired) electrons. The lowest BCUT2D eigenvalue weighted by molar-refractivity contribution is 0.149. The Kier molecular flexibility index (Phi) is 10.9. The third-order valence-electron chi connectivity index (χ3n) is 5.58. The van der Waals surface area contributed by atoms with Crippen molar-refractivity contribution in [1.82, 2.24) is 24.4 Å². The van der Waals surface area contributed by atoms with Crippen LogP contribution in [0.3, 0.4) is 0 Å². The molecule has 0 aliphatic rings. The first kappa shape index (κ1) is 25.6. The standard InChI is InChI=1S/C21H38N6O.ClH/c1-6-26(7-2)13-8-10-17(3)27-16-25-18-19(23-15-24-20(18)27)22-12-9-11-21(4,5)14-28;/h15-17,28H,6-14H2,1-5H3,(H,22,23,24);1H. The molecule has 166 valence electrons. The SMILES string of the molecule is CCN(CC)CCCC(C)n1cnc2c(NCCCC(C)(C)CO)ncnc21.Cl. The molecule has 2 heterocycles. The van der Waals surface area contributed by atoms with Gasteiger partial charge in [0.1, 0.15) is 11.8 Å². The highest BCUT2D eigenvalue weighted by molar-refractivity contribution is 5.85. The van der Waals surface area contributed by atoms with Crippen molar-refractivity contribution < 1.29 is 5.11 Å². The van der Waals surface area contributed by atoms with E-state index < -0.39 is 0 Å². The molecule has 7 nitrogen and oxygen atoms in total. The Hall–Kier alpha value is -1.44. The fraction of sp³-hybridized carbons (Fsp3) is 0.762. The van der Waals surface area contributed by atoms with Crippen LogP contribution in [0.25, 0.3) is 11.2 Å². The summed E-state index contributed by atoms with van der Waals surface area (Å²) in [6.07, 6.45) is 7.71. The Balaban J connectivity index is 0.00000420. The summed E-state index contributed by atoms with van der Waals surface area (Å²) in [6, 6.07) is 0.355. The smallest absolute Gasteiger partial charge is 0.165 e. The minimum absolute atomic E-state index is 0. The summed E-state index contributed by atoms with van der Waals surface area (Å²) in [5.41, 5.74) is 1.69. The van der Waals surface area contributed by atoms with Gasteiger partial charge in [-0.15, -0.1) is 12.4 Å². The number of hydrogen-bond acceptors (Lipinski definition) is 6. The normalized spacial score (nSPS) is 12.9. The van der Waals surface area contributed by atoms with Crippen molar-refractivity contribution >= 4 is 29.4 Å². The molecule has 0 spiro atoms. The van der Waals surface area contributed by atoms with Gasteiger partial charge in [-0.1, -0.05) is 27.7 Å². The third-order valence-corrected chi connectivity index (χ3v) is 5.58. The van der Waals surface area contributed by atoms with Crippen molar-refractivity contribution in [2.45, 2.75) is 66.3 Å². The first-order valence-corrected chi connectivity index (χ1v) is 10.7. The summed E-state index contributed by atoms with van der Waals surface area (Å²) in [4.78, 5) is 15.9. The Morgan fingerprint density at radius 2 is 1.90 bits per heavy atom. The van der Waals surface area contributed by atoms with Crippen LogP contribution in [0.5, 0.6) is 0 Å². The van der Waals surface area contributed by atoms with Crippen molar-refractivity contribution in [3.8, 4) is 0 Å². The van der Waals surface area contributed by atoms with Gasteiger partial charge in [-0.05, 0) is 57.7 Å². The van der Waals surface area contributed by atoms with Crippen LogP contribution in [0.15, 0.2) is 12.7 Å². The fourth-order valence-corrected chi connectivity index (χ4v) is 3.45. The molecule has 8 heteroatoms. The van der Waals surface area contributed by atoms with E-state index in [0.717, 1.165) is 62.4 Å². The van der Waals surface area contributed by atoms with Crippen LogP contribution in [-0.4, -0.2) is 62.3 Å². The van der Waals surface area contributed by atoms with Crippen LogP contribution in [0.2, 0.25) is 0 Å². The molecule has 0 aliphatic carbocycles. The third kappa shape index (κ3) is 7.39. The highest BCUT2D eigenvalue weighted by Gasteiger charge is 2.17. The molecule has 0 fully saturated rings. The largest absolute Gasteiger partial charge is 0.396 e. The summed E-state index contributed by atoms with van der Waals surface area (Å²) in [5.74, 6) is 0.792. The van der Waals surface area contributed by atoms with Crippen molar-refractivity contribution in [3.05, 3.63) is 12.7 Å². The lowest BCUT2D eigenvalue weighted by atomic mass is 9.89. The molecule has 0 saturated carbocycles. The van der Waals surface area contributed by atoms with Gasteiger partial charge in [-0.25, -0.2) is 15.0 Å². The van der Waals surface area contributed by atoms with Crippen LogP contribution < -0.4 is 5.32 Å². The van der Waals surface area contributed by atoms with Crippen LogP contribution >= 0.6 is 12.4 Å². The molecule has 1 unspecified atom stereocenters. The minimum atomic E-state index is -0.0369. The molecule has 2 N–H and O–H groups in total. The Bertz CT molecular complexity index is 716. The number of nitrogens with one attached hydrogen (secondary N) is 1. The molecular weight excluding hydrogens is 388 g/mol. The number of fused-ring (bicyclic) bond motifs is 1. The van der Waals surface area contributed by atoms with E-state index in [1.165, 1.54) is 6.42 Å². The monoisotopic (exact) mass is 426 g/mol. The number of halogens is 1. The molecule has 0 aromatic carbocycles. The summed E-state index contributed by atoms with van der Waals surface area (Å²) in [7, 11) is 0. The van der Waals surface area contributed by atoms with Gasteiger partial charge in [-0.3, -0.25) is 0 Å². The summed E-state index contributed by atoms with van der Waals surface area (Å²) in [6.45, 7) is 15.2. The molecule has 0 amide bonds. The highest BCUT2D eigenvalue weighted by atomic mass is 35.5. The molecule has 0 saturated heterocycles. The highest BCUT2D eigenvalue weighted by Crippen LogP contribution is 2.24. The molecule has 0 aliphatic heterocycles. The van der Waals surface area contributed by atoms with Gasteiger partial charge in [0.05, 0.1) is 6.33 Å². The van der Waals surface area contributed by atoms with Gasteiger partial charge in [0.2, 0.25) is 0 Å². The average molecular weight is 427 g/mol. The number of aromatic nitrogens is 4. The zero-order valence-corrected chi connectivity index (χ0v) is 19.5. The first-order chi connectivity index (χ1) is 13.4. The number of aliphatic hydroxyl groups excluding tert-OH is 1. The van der Waals surface area contributed by atoms with Crippen molar-refractivity contribution in [3.63, 3.8) is 0 Å². The summed E-state index contributed by atoms with van der Waals surface area (Å²) >= 11 is 0. The van der Waals surface area contributed by atoms with Crippen LogP contribution in [0.1, 0.15) is 66.3 Å². The number of anilines is 1. The molecule has 0 bridgehead atoms. The number of rotatable bonds is 13. The lowest BCUT2D eigenvalue weighted by Gasteiger charge is -2.21. The number of aliphatic hydroxyl groups is 1. The minimum Gasteiger partial charge on any atom is -0.396 e. The van der Waals surface area contributed by atoms with Gasteiger partial charge in [0, 0.05) is 19.2 Å². The Morgan fingerprint density at radius 1 is 1.17 bits per heavy atom. The number of hydrogen-bond donors (Lipinski definition) is 2. The molecule has 2 aromatic heterocycles. The maximum absolute atomic E-state index is 9.37. The van der Waals surface area contributed by atoms with E-state index in [9.17, 15) is 5.11 Å². The lowest BCUT2D eigenvalue weighted by Crippen LogP contribution is -2.24. The van der Waals surface area contributed by atoms with Gasteiger partial charge in [0.15, 0.2) is 11.5 Å². The zero-order valence-electron chi connectivity index (χ0n) is 18.7. The van der Waals surface area contributed by atoms with Gasteiger partial charge < -0.3 is 19.9 Å².